The molecule has 1 atom stereocenters. The summed E-state index contributed by atoms with van der Waals surface area (Å²) in [6, 6.07) is 12.3. The molecule has 0 aliphatic carbocycles. The van der Waals surface area contributed by atoms with Crippen LogP contribution in [0.1, 0.15) is 17.7 Å². The molecule has 3 aromatic rings. The first kappa shape index (κ1) is 15.5. The molecule has 0 amide bonds. The quantitative estimate of drug-likeness (QED) is 0.583. The number of hydrogen-bond donors (Lipinski definition) is 1. The lowest BCUT2D eigenvalue weighted by Crippen LogP contribution is -2.12. The van der Waals surface area contributed by atoms with Gasteiger partial charge in [-0.1, -0.05) is 36.0 Å². The highest BCUT2D eigenvalue weighted by Crippen LogP contribution is 2.34. The predicted molar refractivity (Wildman–Crippen MR) is 86.2 cm³/mol. The summed E-state index contributed by atoms with van der Waals surface area (Å²) in [7, 11) is 0. The number of benzene rings is 2. The van der Waals surface area contributed by atoms with E-state index in [0.29, 0.717) is 16.5 Å². The Kier molecular flexibility index (Phi) is 4.29. The van der Waals surface area contributed by atoms with E-state index < -0.39 is 0 Å². The summed E-state index contributed by atoms with van der Waals surface area (Å²) in [5, 5.41) is 8.60. The lowest BCUT2D eigenvalue weighted by Gasteiger charge is -2.11. The largest absolute Gasteiger partial charge is 0.335 e. The van der Waals surface area contributed by atoms with Crippen LogP contribution in [0.5, 0.6) is 0 Å². The van der Waals surface area contributed by atoms with Crippen LogP contribution in [0.3, 0.4) is 0 Å². The van der Waals surface area contributed by atoms with Gasteiger partial charge in [0.2, 0.25) is 5.16 Å². The molecule has 0 saturated heterocycles. The fourth-order valence-electron chi connectivity index (χ4n) is 2.14. The number of nitrogens with two attached hydrogens (primary N) is 1. The van der Waals surface area contributed by atoms with Crippen molar-refractivity contribution in [3.63, 3.8) is 0 Å². The second-order valence-electron chi connectivity index (χ2n) is 5.00. The number of thioether (sulfide) groups is 1. The zero-order valence-corrected chi connectivity index (χ0v) is 13.1. The van der Waals surface area contributed by atoms with Gasteiger partial charge in [0.05, 0.1) is 0 Å². The SMILES string of the molecule is C[C@H](Sc1nnc(-c2cccc(F)c2)n1N)c1ccc(F)cc1. The number of nitrogens with zero attached hydrogens (tertiary/aromatic N) is 3. The molecule has 0 unspecified atom stereocenters. The Balaban J connectivity index is 1.83. The average molecular weight is 332 g/mol. The summed E-state index contributed by atoms with van der Waals surface area (Å²) in [5.41, 5.74) is 1.51. The maximum absolute atomic E-state index is 13.3. The topological polar surface area (TPSA) is 56.7 Å². The third kappa shape index (κ3) is 3.34. The first-order chi connectivity index (χ1) is 11.0. The minimum atomic E-state index is -0.362. The van der Waals surface area contributed by atoms with E-state index in [1.807, 2.05) is 6.92 Å². The molecule has 0 bridgehead atoms. The molecular formula is C16H14F2N4S. The summed E-state index contributed by atoms with van der Waals surface area (Å²) in [4.78, 5) is 0. The molecule has 3 rings (SSSR count). The van der Waals surface area contributed by atoms with Gasteiger partial charge in [-0.15, -0.1) is 10.2 Å². The molecular weight excluding hydrogens is 318 g/mol. The van der Waals surface area contributed by atoms with Crippen LogP contribution >= 0.6 is 11.8 Å². The molecule has 1 heterocycles. The van der Waals surface area contributed by atoms with Crippen LogP contribution < -0.4 is 5.84 Å². The third-order valence-corrected chi connectivity index (χ3v) is 4.48. The van der Waals surface area contributed by atoms with E-state index in [2.05, 4.69) is 10.2 Å². The van der Waals surface area contributed by atoms with E-state index in [4.69, 9.17) is 5.84 Å². The lowest BCUT2D eigenvalue weighted by atomic mass is 10.2. The van der Waals surface area contributed by atoms with E-state index in [1.165, 1.54) is 40.7 Å². The summed E-state index contributed by atoms with van der Waals surface area (Å²) in [5.74, 6) is 5.77. The summed E-state index contributed by atoms with van der Waals surface area (Å²) < 4.78 is 27.6. The Bertz CT molecular complexity index is 817. The summed E-state index contributed by atoms with van der Waals surface area (Å²) >= 11 is 1.40. The molecule has 0 saturated carbocycles. The van der Waals surface area contributed by atoms with Gasteiger partial charge in [-0.25, -0.2) is 13.5 Å². The Morgan fingerprint density at radius 3 is 2.48 bits per heavy atom. The summed E-state index contributed by atoms with van der Waals surface area (Å²) in [6.07, 6.45) is 0. The Morgan fingerprint density at radius 1 is 1.04 bits per heavy atom. The normalized spacial score (nSPS) is 12.3. The molecule has 0 aliphatic rings. The van der Waals surface area contributed by atoms with E-state index in [0.717, 1.165) is 5.56 Å². The van der Waals surface area contributed by atoms with Gasteiger partial charge in [0.25, 0.3) is 0 Å². The average Bonchev–Trinajstić information content (AvgIpc) is 2.89. The second kappa shape index (κ2) is 6.37. The third-order valence-electron chi connectivity index (χ3n) is 3.37. The first-order valence-electron chi connectivity index (χ1n) is 6.93. The lowest BCUT2D eigenvalue weighted by molar-refractivity contribution is 0.627. The zero-order valence-electron chi connectivity index (χ0n) is 12.3. The molecule has 118 valence electrons. The van der Waals surface area contributed by atoms with Gasteiger partial charge >= 0.3 is 0 Å². The molecule has 0 aliphatic heterocycles. The van der Waals surface area contributed by atoms with Gasteiger partial charge in [0, 0.05) is 10.8 Å². The maximum Gasteiger partial charge on any atom is 0.210 e. The van der Waals surface area contributed by atoms with Crippen molar-refractivity contribution >= 4 is 11.8 Å². The van der Waals surface area contributed by atoms with Crippen molar-refractivity contribution in [2.75, 3.05) is 5.84 Å². The highest BCUT2D eigenvalue weighted by atomic mass is 32.2. The molecule has 0 spiro atoms. The van der Waals surface area contributed by atoms with Gasteiger partial charge in [-0.05, 0) is 36.8 Å². The molecule has 0 radical (unpaired) electrons. The van der Waals surface area contributed by atoms with Crippen LogP contribution in [0.15, 0.2) is 53.7 Å². The number of nitrogen functional groups attached to an aromatic ring is 1. The highest BCUT2D eigenvalue weighted by Gasteiger charge is 2.16. The summed E-state index contributed by atoms with van der Waals surface area (Å²) in [6.45, 7) is 1.97. The van der Waals surface area contributed by atoms with Crippen LogP contribution in [0.2, 0.25) is 0 Å². The minimum Gasteiger partial charge on any atom is -0.335 e. The monoisotopic (exact) mass is 332 g/mol. The van der Waals surface area contributed by atoms with Crippen molar-refractivity contribution in [1.82, 2.24) is 14.9 Å². The number of rotatable bonds is 4. The van der Waals surface area contributed by atoms with Crippen molar-refractivity contribution in [2.24, 2.45) is 0 Å². The molecule has 2 aromatic carbocycles. The molecule has 0 fully saturated rings. The van der Waals surface area contributed by atoms with Gasteiger partial charge in [0.15, 0.2) is 5.82 Å². The minimum absolute atomic E-state index is 0.0162. The van der Waals surface area contributed by atoms with Crippen LogP contribution in [0, 0.1) is 11.6 Å². The fourth-order valence-corrected chi connectivity index (χ4v) is 3.04. The highest BCUT2D eigenvalue weighted by molar-refractivity contribution is 7.99. The van der Waals surface area contributed by atoms with E-state index in [-0.39, 0.29) is 16.9 Å². The van der Waals surface area contributed by atoms with Crippen molar-refractivity contribution in [3.05, 3.63) is 65.7 Å². The van der Waals surface area contributed by atoms with Gasteiger partial charge < -0.3 is 5.84 Å². The predicted octanol–water partition coefficient (Wildman–Crippen LogP) is 3.79. The Hall–Kier alpha value is -2.41. The first-order valence-corrected chi connectivity index (χ1v) is 7.81. The van der Waals surface area contributed by atoms with Crippen LogP contribution in [-0.2, 0) is 0 Å². The van der Waals surface area contributed by atoms with E-state index in [9.17, 15) is 8.78 Å². The molecule has 7 heteroatoms. The Labute approximate surface area is 136 Å². The smallest absolute Gasteiger partial charge is 0.210 e. The fraction of sp³-hybridized carbons (Fsp3) is 0.125. The van der Waals surface area contributed by atoms with Crippen LogP contribution in [0.4, 0.5) is 8.78 Å². The van der Waals surface area contributed by atoms with Crippen molar-refractivity contribution in [1.29, 1.82) is 0 Å². The van der Waals surface area contributed by atoms with Crippen molar-refractivity contribution in [2.45, 2.75) is 17.3 Å². The van der Waals surface area contributed by atoms with E-state index in [1.54, 1.807) is 24.3 Å². The molecule has 2 N–H and O–H groups in total. The van der Waals surface area contributed by atoms with E-state index >= 15 is 0 Å². The van der Waals surface area contributed by atoms with Crippen molar-refractivity contribution < 1.29 is 8.78 Å². The van der Waals surface area contributed by atoms with Crippen LogP contribution in [-0.4, -0.2) is 14.9 Å². The number of hydrogen-bond acceptors (Lipinski definition) is 4. The van der Waals surface area contributed by atoms with Gasteiger partial charge in [0.1, 0.15) is 11.6 Å². The zero-order chi connectivity index (χ0) is 16.4. The maximum atomic E-state index is 13.3. The standard InChI is InChI=1S/C16H14F2N4S/c1-10(11-5-7-13(17)8-6-11)23-16-21-20-15(22(16)19)12-3-2-4-14(18)9-12/h2-10H,19H2,1H3/t10-/m0/s1. The van der Waals surface area contributed by atoms with Crippen LogP contribution in [0.25, 0.3) is 11.4 Å². The van der Waals surface area contributed by atoms with Gasteiger partial charge in [-0.3, -0.25) is 0 Å². The number of aromatic nitrogens is 3. The molecule has 1 aromatic heterocycles. The molecule has 4 nitrogen and oxygen atoms in total. The number of halogens is 2. The second-order valence-corrected chi connectivity index (χ2v) is 6.31. The van der Waals surface area contributed by atoms with Crippen molar-refractivity contribution in [3.8, 4) is 11.4 Å². The molecule has 23 heavy (non-hydrogen) atoms. The Morgan fingerprint density at radius 2 is 1.78 bits per heavy atom. The van der Waals surface area contributed by atoms with Gasteiger partial charge in [-0.2, -0.15) is 0 Å².